The van der Waals surface area contributed by atoms with Crippen molar-refractivity contribution in [2.45, 2.75) is 75.9 Å². The number of anilines is 2. The van der Waals surface area contributed by atoms with Crippen LogP contribution in [-0.4, -0.2) is 122 Å². The molecule has 3 amide bonds. The molecule has 0 aliphatic carbocycles. The number of hydrogen-bond acceptors (Lipinski definition) is 8. The first-order valence-electron chi connectivity index (χ1n) is 18.2. The van der Waals surface area contributed by atoms with Gasteiger partial charge in [0.15, 0.2) is 5.78 Å². The number of nitrogens with one attached hydrogen (secondary N) is 2. The Hall–Kier alpha value is -2.56. The number of nitrogens with zero attached hydrogens (tertiary/aromatic N) is 4. The Morgan fingerprint density at radius 2 is 1.55 bits per heavy atom. The molecule has 4 aliphatic heterocycles. The van der Waals surface area contributed by atoms with Crippen LogP contribution in [0.1, 0.15) is 67.3 Å². The largest absolute Gasteiger partial charge is 0.397 e. The van der Waals surface area contributed by atoms with Gasteiger partial charge in [-0.15, -0.1) is 0 Å². The van der Waals surface area contributed by atoms with Crippen molar-refractivity contribution in [3.63, 3.8) is 0 Å². The minimum absolute atomic E-state index is 0.0660. The monoisotopic (exact) mass is 849 g/mol. The fourth-order valence-electron chi connectivity index (χ4n) is 7.90. The van der Waals surface area contributed by atoms with Gasteiger partial charge in [0.2, 0.25) is 15.9 Å². The highest BCUT2D eigenvalue weighted by Crippen LogP contribution is 2.31. The van der Waals surface area contributed by atoms with Gasteiger partial charge in [0.25, 0.3) is 0 Å². The summed E-state index contributed by atoms with van der Waals surface area (Å²) in [7, 11) is -3.92. The van der Waals surface area contributed by atoms with Crippen molar-refractivity contribution in [3.8, 4) is 0 Å². The number of para-hydroxylation sites is 1. The number of carbonyl (C=O) groups is 3. The summed E-state index contributed by atoms with van der Waals surface area (Å²) >= 11 is 6.76. The zero-order valence-corrected chi connectivity index (χ0v) is 33.0. The number of nitrogens with two attached hydrogens (primary N) is 1. The number of hydrogen-bond donors (Lipinski definition) is 3. The molecule has 12 nitrogen and oxygen atoms in total. The Kier molecular flexibility index (Phi) is 12.8. The first-order chi connectivity index (χ1) is 24.5. The lowest BCUT2D eigenvalue weighted by atomic mass is 9.99. The molecule has 0 unspecified atom stereocenters. The second-order valence-electron chi connectivity index (χ2n) is 14.2. The van der Waals surface area contributed by atoms with Gasteiger partial charge in [-0.05, 0) is 127 Å². The van der Waals surface area contributed by atoms with Crippen LogP contribution >= 0.6 is 31.9 Å². The van der Waals surface area contributed by atoms with E-state index in [9.17, 15) is 22.8 Å². The van der Waals surface area contributed by atoms with Crippen LogP contribution in [-0.2, 0) is 21.2 Å². The van der Waals surface area contributed by atoms with Crippen LogP contribution in [0.25, 0.3) is 0 Å². The standard InChI is InChI=1S/C36H49Br2N7O5S/c37-29-22-26(23-30(38)34(29)39)33(46)24-32(41-51(49,50)21-20-42-15-9-27(10-16-42)43-13-4-1-5-14-43)35(47)44-17-11-28(12-18-44)45-19-8-25-6-2-3-7-31(25)40-36(45)48/h2-3,6-7,22-23,27-28,32,41H,1,4-5,8-21,24,39H2,(H,40,48)/t32-/m1/s1. The molecule has 4 aliphatic rings. The highest BCUT2D eigenvalue weighted by atomic mass is 79.9. The van der Waals surface area contributed by atoms with Crippen LogP contribution in [0.4, 0.5) is 16.2 Å². The van der Waals surface area contributed by atoms with E-state index in [4.69, 9.17) is 5.73 Å². The van der Waals surface area contributed by atoms with Crippen molar-refractivity contribution >= 4 is 71.0 Å². The van der Waals surface area contributed by atoms with Crippen LogP contribution in [0, 0.1) is 0 Å². The van der Waals surface area contributed by atoms with E-state index in [1.807, 2.05) is 29.2 Å². The van der Waals surface area contributed by atoms with Crippen LogP contribution in [0.15, 0.2) is 45.3 Å². The lowest BCUT2D eigenvalue weighted by Crippen LogP contribution is -2.55. The molecule has 0 aromatic heterocycles. The molecule has 278 valence electrons. The number of piperidine rings is 3. The number of carbonyl (C=O) groups excluding carboxylic acids is 3. The number of rotatable bonds is 11. The fraction of sp³-hybridized carbons (Fsp3) is 0.583. The molecule has 4 heterocycles. The smallest absolute Gasteiger partial charge is 0.322 e. The predicted molar refractivity (Wildman–Crippen MR) is 206 cm³/mol. The minimum atomic E-state index is -3.92. The number of fused-ring (bicyclic) bond motifs is 1. The van der Waals surface area contributed by atoms with Crippen LogP contribution in [0.5, 0.6) is 0 Å². The Morgan fingerprint density at radius 1 is 0.902 bits per heavy atom. The van der Waals surface area contributed by atoms with Gasteiger partial charge < -0.3 is 30.7 Å². The summed E-state index contributed by atoms with van der Waals surface area (Å²) in [6.07, 6.45) is 7.35. The second-order valence-corrected chi connectivity index (χ2v) is 17.8. The lowest BCUT2D eigenvalue weighted by molar-refractivity contribution is -0.134. The van der Waals surface area contributed by atoms with Crippen molar-refractivity contribution in [2.24, 2.45) is 0 Å². The van der Waals surface area contributed by atoms with Crippen molar-refractivity contribution < 1.29 is 22.8 Å². The SMILES string of the molecule is Nc1c(Br)cc(C(=O)C[C@@H](NS(=O)(=O)CCN2CCC(N3CCCCC3)CC2)C(=O)N2CCC(N3CCc4ccccc4NC3=O)CC2)cc1Br. The van der Waals surface area contributed by atoms with Crippen molar-refractivity contribution in [3.05, 3.63) is 56.5 Å². The van der Waals surface area contributed by atoms with Crippen LogP contribution < -0.4 is 15.8 Å². The van der Waals surface area contributed by atoms with E-state index in [1.54, 1.807) is 17.0 Å². The summed E-state index contributed by atoms with van der Waals surface area (Å²) in [5.41, 5.74) is 8.68. The van der Waals surface area contributed by atoms with Gasteiger partial charge in [-0.25, -0.2) is 17.9 Å². The first-order valence-corrected chi connectivity index (χ1v) is 21.4. The lowest BCUT2D eigenvalue weighted by Gasteiger charge is -2.40. The van der Waals surface area contributed by atoms with Crippen LogP contribution in [0.2, 0.25) is 0 Å². The topological polar surface area (TPSA) is 148 Å². The van der Waals surface area contributed by atoms with E-state index in [0.717, 1.165) is 56.7 Å². The Bertz CT molecular complexity index is 1670. The van der Waals surface area contributed by atoms with Crippen molar-refractivity contribution in [1.82, 2.24) is 24.3 Å². The third-order valence-electron chi connectivity index (χ3n) is 10.9. The molecule has 0 spiro atoms. The summed E-state index contributed by atoms with van der Waals surface area (Å²) in [6.45, 7) is 5.62. The van der Waals surface area contributed by atoms with Gasteiger partial charge in [0.1, 0.15) is 6.04 Å². The van der Waals surface area contributed by atoms with Gasteiger partial charge in [-0.2, -0.15) is 0 Å². The third-order valence-corrected chi connectivity index (χ3v) is 13.6. The van der Waals surface area contributed by atoms with Crippen molar-refractivity contribution in [1.29, 1.82) is 0 Å². The highest BCUT2D eigenvalue weighted by Gasteiger charge is 2.36. The molecule has 0 saturated carbocycles. The Morgan fingerprint density at radius 3 is 2.24 bits per heavy atom. The van der Waals surface area contributed by atoms with E-state index in [2.05, 4.69) is 51.7 Å². The van der Waals surface area contributed by atoms with Crippen molar-refractivity contribution in [2.75, 3.05) is 69.2 Å². The summed E-state index contributed by atoms with van der Waals surface area (Å²) < 4.78 is 30.8. The average molecular weight is 852 g/mol. The number of benzene rings is 2. The molecule has 15 heteroatoms. The first kappa shape index (κ1) is 38.2. The second kappa shape index (κ2) is 17.1. The van der Waals surface area contributed by atoms with E-state index in [1.165, 1.54) is 19.3 Å². The maximum absolute atomic E-state index is 14.1. The molecular weight excluding hydrogens is 802 g/mol. The Balaban J connectivity index is 1.09. The Labute approximate surface area is 318 Å². The highest BCUT2D eigenvalue weighted by molar-refractivity contribution is 9.11. The average Bonchev–Trinajstić information content (AvgIpc) is 3.30. The zero-order chi connectivity index (χ0) is 36.1. The molecule has 6 rings (SSSR count). The number of amides is 3. The normalized spacial score (nSPS) is 20.8. The number of halogens is 2. The number of nitrogen functional groups attached to an aromatic ring is 1. The summed E-state index contributed by atoms with van der Waals surface area (Å²) in [5, 5.41) is 3.02. The van der Waals surface area contributed by atoms with E-state index >= 15 is 0 Å². The number of urea groups is 1. The molecule has 51 heavy (non-hydrogen) atoms. The quantitative estimate of drug-likeness (QED) is 0.218. The molecule has 0 bridgehead atoms. The van der Waals surface area contributed by atoms with Gasteiger partial charge in [0.05, 0.1) is 11.4 Å². The molecule has 3 fully saturated rings. The van der Waals surface area contributed by atoms with E-state index < -0.39 is 22.0 Å². The summed E-state index contributed by atoms with van der Waals surface area (Å²) in [6, 6.07) is 10.0. The molecule has 4 N–H and O–H groups in total. The number of likely N-dealkylation sites (tertiary alicyclic amines) is 3. The minimum Gasteiger partial charge on any atom is -0.397 e. The predicted octanol–water partition coefficient (Wildman–Crippen LogP) is 4.69. The maximum Gasteiger partial charge on any atom is 0.322 e. The fourth-order valence-corrected chi connectivity index (χ4v) is 10.3. The summed E-state index contributed by atoms with van der Waals surface area (Å²) in [4.78, 5) is 49.1. The third kappa shape index (κ3) is 9.71. The molecule has 2 aromatic carbocycles. The van der Waals surface area contributed by atoms with E-state index in [0.29, 0.717) is 65.3 Å². The van der Waals surface area contributed by atoms with Gasteiger partial charge in [-0.3, -0.25) is 9.59 Å². The van der Waals surface area contributed by atoms with Gasteiger partial charge >= 0.3 is 6.03 Å². The number of Topliss-reactive ketones (excluding diaryl/α,β-unsaturated/α-hetero) is 1. The van der Waals surface area contributed by atoms with Crippen LogP contribution in [0.3, 0.4) is 0 Å². The maximum atomic E-state index is 14.1. The van der Waals surface area contributed by atoms with E-state index in [-0.39, 0.29) is 30.0 Å². The molecule has 2 aromatic rings. The number of ketones is 1. The summed E-state index contributed by atoms with van der Waals surface area (Å²) in [5.74, 6) is -0.978. The molecular formula is C36H49Br2N7O5S. The molecule has 1 atom stereocenters. The molecule has 3 saturated heterocycles. The van der Waals surface area contributed by atoms with Gasteiger partial charge in [0, 0.05) is 64.9 Å². The number of sulfonamides is 1. The zero-order valence-electron chi connectivity index (χ0n) is 29.0. The molecule has 0 radical (unpaired) electrons. The van der Waals surface area contributed by atoms with Gasteiger partial charge in [-0.1, -0.05) is 24.6 Å².